The van der Waals surface area contributed by atoms with Crippen LogP contribution in [0.25, 0.3) is 0 Å². The summed E-state index contributed by atoms with van der Waals surface area (Å²) in [6.45, 7) is 0. The number of anilines is 1. The molecular formula is C14H15BrN2O. The quantitative estimate of drug-likeness (QED) is 0.912. The van der Waals surface area contributed by atoms with E-state index in [1.54, 1.807) is 12.3 Å². The van der Waals surface area contributed by atoms with Gasteiger partial charge in [-0.15, -0.1) is 0 Å². The van der Waals surface area contributed by atoms with Crippen LogP contribution in [0.15, 0.2) is 47.1 Å². The molecule has 2 rings (SSSR count). The summed E-state index contributed by atoms with van der Waals surface area (Å²) in [4.78, 5) is 3.93. The molecule has 0 saturated heterocycles. The van der Waals surface area contributed by atoms with Crippen LogP contribution >= 0.6 is 15.9 Å². The van der Waals surface area contributed by atoms with Crippen molar-refractivity contribution < 1.29 is 5.11 Å². The van der Waals surface area contributed by atoms with Crippen LogP contribution in [0.3, 0.4) is 0 Å². The second kappa shape index (κ2) is 5.98. The van der Waals surface area contributed by atoms with Crippen LogP contribution in [0.2, 0.25) is 0 Å². The Bertz CT molecular complexity index is 531. The highest BCUT2D eigenvalue weighted by molar-refractivity contribution is 9.10. The number of nitrogen functional groups attached to an aromatic ring is 1. The van der Waals surface area contributed by atoms with E-state index >= 15 is 0 Å². The summed E-state index contributed by atoms with van der Waals surface area (Å²) in [5.74, 6) is 0.487. The number of rotatable bonds is 4. The van der Waals surface area contributed by atoms with Gasteiger partial charge in [-0.2, -0.15) is 0 Å². The predicted octanol–water partition coefficient (Wildman–Crippen LogP) is 2.57. The van der Waals surface area contributed by atoms with Crippen molar-refractivity contribution in [2.24, 2.45) is 0 Å². The van der Waals surface area contributed by atoms with Gasteiger partial charge >= 0.3 is 0 Å². The molecule has 0 spiro atoms. The average Bonchev–Trinajstić information content (AvgIpc) is 2.32. The van der Waals surface area contributed by atoms with Crippen molar-refractivity contribution in [3.63, 3.8) is 0 Å². The maximum Gasteiger partial charge on any atom is 0.123 e. The molecule has 1 atom stereocenters. The Labute approximate surface area is 115 Å². The Morgan fingerprint density at radius 3 is 2.72 bits per heavy atom. The number of benzene rings is 1. The van der Waals surface area contributed by atoms with E-state index in [1.165, 1.54) is 0 Å². The summed E-state index contributed by atoms with van der Waals surface area (Å²) in [6, 6.07) is 11.6. The number of pyridine rings is 1. The number of nitrogens with zero attached hydrogens (tertiary/aromatic N) is 1. The minimum atomic E-state index is -0.425. The minimum Gasteiger partial charge on any atom is -0.392 e. The molecule has 0 bridgehead atoms. The Hall–Kier alpha value is -1.39. The molecule has 94 valence electrons. The monoisotopic (exact) mass is 306 g/mol. The molecule has 18 heavy (non-hydrogen) atoms. The molecule has 0 fully saturated rings. The molecular weight excluding hydrogens is 292 g/mol. The maximum absolute atomic E-state index is 10.1. The van der Waals surface area contributed by atoms with Gasteiger partial charge < -0.3 is 10.8 Å². The summed E-state index contributed by atoms with van der Waals surface area (Å²) in [5.41, 5.74) is 7.72. The van der Waals surface area contributed by atoms with E-state index in [9.17, 15) is 5.11 Å². The van der Waals surface area contributed by atoms with E-state index < -0.39 is 6.10 Å². The van der Waals surface area contributed by atoms with Crippen molar-refractivity contribution in [2.45, 2.75) is 18.9 Å². The SMILES string of the molecule is Nc1cc(CC(O)Cc2ccccc2Br)ccn1. The van der Waals surface area contributed by atoms with Crippen LogP contribution in [0.1, 0.15) is 11.1 Å². The summed E-state index contributed by atoms with van der Waals surface area (Å²) >= 11 is 3.48. The van der Waals surface area contributed by atoms with Crippen LogP contribution in [-0.2, 0) is 12.8 Å². The first-order valence-corrected chi connectivity index (χ1v) is 6.56. The molecule has 0 aliphatic carbocycles. The lowest BCUT2D eigenvalue weighted by Gasteiger charge is -2.12. The first kappa shape index (κ1) is 13.1. The van der Waals surface area contributed by atoms with Gasteiger partial charge in [-0.25, -0.2) is 4.98 Å². The van der Waals surface area contributed by atoms with Crippen LogP contribution in [0.5, 0.6) is 0 Å². The van der Waals surface area contributed by atoms with Gasteiger partial charge in [0.1, 0.15) is 5.82 Å². The minimum absolute atomic E-state index is 0.425. The number of aliphatic hydroxyl groups excluding tert-OH is 1. The van der Waals surface area contributed by atoms with Gasteiger partial charge in [0, 0.05) is 10.7 Å². The molecule has 3 N–H and O–H groups in total. The molecule has 4 heteroatoms. The van der Waals surface area contributed by atoms with E-state index in [0.29, 0.717) is 18.7 Å². The smallest absolute Gasteiger partial charge is 0.123 e. The standard InChI is InChI=1S/C14H15BrN2O/c15-13-4-2-1-3-11(13)9-12(18)7-10-5-6-17-14(16)8-10/h1-6,8,12,18H,7,9H2,(H2,16,17). The predicted molar refractivity (Wildman–Crippen MR) is 76.2 cm³/mol. The molecule has 1 aromatic carbocycles. The highest BCUT2D eigenvalue weighted by atomic mass is 79.9. The number of aliphatic hydroxyl groups is 1. The normalized spacial score (nSPS) is 12.3. The van der Waals surface area contributed by atoms with E-state index in [4.69, 9.17) is 5.73 Å². The van der Waals surface area contributed by atoms with Crippen molar-refractivity contribution in [3.05, 3.63) is 58.2 Å². The van der Waals surface area contributed by atoms with E-state index in [2.05, 4.69) is 20.9 Å². The third kappa shape index (κ3) is 3.55. The van der Waals surface area contributed by atoms with Gasteiger partial charge in [0.25, 0.3) is 0 Å². The highest BCUT2D eigenvalue weighted by Crippen LogP contribution is 2.18. The van der Waals surface area contributed by atoms with Crippen molar-refractivity contribution in [3.8, 4) is 0 Å². The lowest BCUT2D eigenvalue weighted by Crippen LogP contribution is -2.14. The van der Waals surface area contributed by atoms with Gasteiger partial charge in [0.05, 0.1) is 6.10 Å². The van der Waals surface area contributed by atoms with E-state index in [1.807, 2.05) is 30.3 Å². The van der Waals surface area contributed by atoms with Crippen LogP contribution < -0.4 is 5.73 Å². The molecule has 2 aromatic rings. The molecule has 1 heterocycles. The van der Waals surface area contributed by atoms with Crippen molar-refractivity contribution >= 4 is 21.7 Å². The number of hydrogen-bond acceptors (Lipinski definition) is 3. The second-order valence-corrected chi connectivity index (χ2v) is 5.10. The van der Waals surface area contributed by atoms with Gasteiger partial charge in [-0.1, -0.05) is 34.1 Å². The van der Waals surface area contributed by atoms with E-state index in [0.717, 1.165) is 15.6 Å². The van der Waals surface area contributed by atoms with Gasteiger partial charge in [0.2, 0.25) is 0 Å². The molecule has 0 saturated carbocycles. The fourth-order valence-electron chi connectivity index (χ4n) is 1.88. The molecule has 1 unspecified atom stereocenters. The Morgan fingerprint density at radius 1 is 1.22 bits per heavy atom. The molecule has 0 aliphatic rings. The number of hydrogen-bond donors (Lipinski definition) is 2. The van der Waals surface area contributed by atoms with Crippen LogP contribution in [0, 0.1) is 0 Å². The topological polar surface area (TPSA) is 59.1 Å². The summed E-state index contributed by atoms with van der Waals surface area (Å²) in [6.07, 6.45) is 2.43. The fourth-order valence-corrected chi connectivity index (χ4v) is 2.33. The summed E-state index contributed by atoms with van der Waals surface area (Å²) in [7, 11) is 0. The Kier molecular flexibility index (Phi) is 4.33. The van der Waals surface area contributed by atoms with Crippen LogP contribution in [0.4, 0.5) is 5.82 Å². The Morgan fingerprint density at radius 2 is 2.00 bits per heavy atom. The number of nitrogens with two attached hydrogens (primary N) is 1. The third-order valence-corrected chi connectivity index (χ3v) is 3.50. The molecule has 3 nitrogen and oxygen atoms in total. The summed E-state index contributed by atoms with van der Waals surface area (Å²) in [5, 5.41) is 10.1. The zero-order valence-corrected chi connectivity index (χ0v) is 11.5. The molecule has 0 radical (unpaired) electrons. The van der Waals surface area contributed by atoms with Crippen LogP contribution in [-0.4, -0.2) is 16.2 Å². The zero-order valence-electron chi connectivity index (χ0n) is 9.88. The van der Waals surface area contributed by atoms with Gasteiger partial charge in [0.15, 0.2) is 0 Å². The average molecular weight is 307 g/mol. The zero-order chi connectivity index (χ0) is 13.0. The van der Waals surface area contributed by atoms with Crippen molar-refractivity contribution in [1.29, 1.82) is 0 Å². The van der Waals surface area contributed by atoms with Crippen molar-refractivity contribution in [1.82, 2.24) is 4.98 Å². The van der Waals surface area contributed by atoms with Gasteiger partial charge in [-0.3, -0.25) is 0 Å². The van der Waals surface area contributed by atoms with Gasteiger partial charge in [-0.05, 0) is 42.2 Å². The van der Waals surface area contributed by atoms with Crippen molar-refractivity contribution in [2.75, 3.05) is 5.73 Å². The highest BCUT2D eigenvalue weighted by Gasteiger charge is 2.09. The molecule has 1 aromatic heterocycles. The maximum atomic E-state index is 10.1. The lowest BCUT2D eigenvalue weighted by atomic mass is 10.0. The Balaban J connectivity index is 2.01. The number of halogens is 1. The number of aromatic nitrogens is 1. The first-order chi connectivity index (χ1) is 8.65. The fraction of sp³-hybridized carbons (Fsp3) is 0.214. The summed E-state index contributed by atoms with van der Waals surface area (Å²) < 4.78 is 1.03. The third-order valence-electron chi connectivity index (χ3n) is 2.73. The van der Waals surface area contributed by atoms with E-state index in [-0.39, 0.29) is 0 Å². The first-order valence-electron chi connectivity index (χ1n) is 5.77. The lowest BCUT2D eigenvalue weighted by molar-refractivity contribution is 0.175. The molecule has 0 amide bonds. The molecule has 0 aliphatic heterocycles. The second-order valence-electron chi connectivity index (χ2n) is 4.24. The largest absolute Gasteiger partial charge is 0.392 e.